The first kappa shape index (κ1) is 16.6. The maximum absolute atomic E-state index is 12.8. The van der Waals surface area contributed by atoms with E-state index in [9.17, 15) is 14.7 Å². The molecule has 0 unspecified atom stereocenters. The Balaban J connectivity index is 1.84. The monoisotopic (exact) mass is 344 g/mol. The van der Waals surface area contributed by atoms with E-state index in [-0.39, 0.29) is 11.9 Å². The van der Waals surface area contributed by atoms with Gasteiger partial charge >= 0.3 is 5.97 Å². The molecule has 0 radical (unpaired) electrons. The molecule has 0 spiro atoms. The van der Waals surface area contributed by atoms with Gasteiger partial charge in [-0.3, -0.25) is 9.59 Å². The van der Waals surface area contributed by atoms with Gasteiger partial charge in [-0.2, -0.15) is 0 Å². The summed E-state index contributed by atoms with van der Waals surface area (Å²) in [6.07, 6.45) is 1.33. The van der Waals surface area contributed by atoms with Gasteiger partial charge in [-0.15, -0.1) is 11.3 Å². The molecule has 0 bridgehead atoms. The van der Waals surface area contributed by atoms with Gasteiger partial charge in [0, 0.05) is 23.5 Å². The fourth-order valence-electron chi connectivity index (χ4n) is 3.22. The molecule has 1 aliphatic heterocycles. The second-order valence-electron chi connectivity index (χ2n) is 6.18. The Kier molecular flexibility index (Phi) is 4.66. The van der Waals surface area contributed by atoms with Crippen LogP contribution in [0.1, 0.15) is 35.8 Å². The van der Waals surface area contributed by atoms with Crippen molar-refractivity contribution in [1.29, 1.82) is 0 Å². The molecule has 1 amide bonds. The number of amides is 1. The number of thiazole rings is 1. The zero-order valence-corrected chi connectivity index (χ0v) is 14.5. The zero-order chi connectivity index (χ0) is 17.3. The minimum absolute atomic E-state index is 0.176. The summed E-state index contributed by atoms with van der Waals surface area (Å²) in [5, 5.41) is 11.9. The summed E-state index contributed by atoms with van der Waals surface area (Å²) in [4.78, 5) is 30.3. The molecule has 2 aromatic rings. The van der Waals surface area contributed by atoms with E-state index in [4.69, 9.17) is 0 Å². The Hall–Kier alpha value is -2.21. The number of piperidine rings is 1. The number of aliphatic carboxylic acids is 1. The minimum Gasteiger partial charge on any atom is -0.481 e. The summed E-state index contributed by atoms with van der Waals surface area (Å²) in [6.45, 7) is 4.41. The number of nitrogens with zero attached hydrogens (tertiary/aromatic N) is 2. The van der Waals surface area contributed by atoms with Crippen LogP contribution in [0, 0.1) is 12.8 Å². The fraction of sp³-hybridized carbons (Fsp3) is 0.389. The van der Waals surface area contributed by atoms with E-state index in [0.29, 0.717) is 25.1 Å². The maximum Gasteiger partial charge on any atom is 0.308 e. The third-order valence-corrected chi connectivity index (χ3v) is 5.54. The largest absolute Gasteiger partial charge is 0.481 e. The Labute approximate surface area is 145 Å². The van der Waals surface area contributed by atoms with Crippen LogP contribution in [0.2, 0.25) is 0 Å². The zero-order valence-electron chi connectivity index (χ0n) is 13.7. The first-order chi connectivity index (χ1) is 11.5. The van der Waals surface area contributed by atoms with E-state index in [0.717, 1.165) is 16.1 Å². The highest BCUT2D eigenvalue weighted by Gasteiger charge is 2.36. The summed E-state index contributed by atoms with van der Waals surface area (Å²) in [6, 6.07) is 7.62. The summed E-state index contributed by atoms with van der Waals surface area (Å²) in [7, 11) is 0. The average molecular weight is 344 g/mol. The van der Waals surface area contributed by atoms with E-state index in [1.54, 1.807) is 10.3 Å². The minimum atomic E-state index is -0.834. The summed E-state index contributed by atoms with van der Waals surface area (Å²) in [5.74, 6) is -1.51. The molecule has 24 heavy (non-hydrogen) atoms. The lowest BCUT2D eigenvalue weighted by atomic mass is 9.90. The second kappa shape index (κ2) is 6.73. The van der Waals surface area contributed by atoms with Crippen LogP contribution in [0.3, 0.4) is 0 Å². The van der Waals surface area contributed by atoms with Crippen molar-refractivity contribution in [1.82, 2.24) is 9.88 Å². The number of carbonyl (C=O) groups excluding carboxylic acids is 1. The molecular weight excluding hydrogens is 324 g/mol. The normalized spacial score (nSPS) is 20.8. The molecule has 5 nitrogen and oxygen atoms in total. The van der Waals surface area contributed by atoms with Crippen molar-refractivity contribution < 1.29 is 14.7 Å². The molecule has 126 valence electrons. The highest BCUT2D eigenvalue weighted by molar-refractivity contribution is 7.13. The third kappa shape index (κ3) is 3.06. The standard InChI is InChI=1S/C18H20N2O3S/c1-11-6-3-4-7-13(11)16-19-15(10-24-16)17(21)20-9-5-8-14(12(20)2)18(22)23/h3-4,6-7,10,12,14H,5,8-9H2,1-2H3,(H,22,23)/t12-,14-/m1/s1. The lowest BCUT2D eigenvalue weighted by molar-refractivity contribution is -0.144. The molecule has 2 heterocycles. The van der Waals surface area contributed by atoms with Crippen LogP contribution in [0.5, 0.6) is 0 Å². The molecular formula is C18H20N2O3S. The van der Waals surface area contributed by atoms with Gasteiger partial charge in [-0.05, 0) is 32.3 Å². The van der Waals surface area contributed by atoms with Gasteiger partial charge in [0.2, 0.25) is 0 Å². The van der Waals surface area contributed by atoms with Crippen molar-refractivity contribution in [3.05, 3.63) is 40.9 Å². The SMILES string of the molecule is Cc1ccccc1-c1nc(C(=O)N2CCC[C@@H](C(=O)O)[C@H]2C)cs1. The van der Waals surface area contributed by atoms with E-state index >= 15 is 0 Å². The van der Waals surface area contributed by atoms with Crippen LogP contribution in [-0.2, 0) is 4.79 Å². The van der Waals surface area contributed by atoms with Crippen LogP contribution < -0.4 is 0 Å². The fourth-order valence-corrected chi connectivity index (χ4v) is 4.10. The van der Waals surface area contributed by atoms with Gasteiger partial charge in [0.1, 0.15) is 10.7 Å². The first-order valence-electron chi connectivity index (χ1n) is 8.04. The number of carboxylic acids is 1. The summed E-state index contributed by atoms with van der Waals surface area (Å²) in [5.41, 5.74) is 2.54. The lowest BCUT2D eigenvalue weighted by Gasteiger charge is -2.37. The molecule has 0 saturated carbocycles. The van der Waals surface area contributed by atoms with E-state index in [1.807, 2.05) is 38.1 Å². The van der Waals surface area contributed by atoms with Gasteiger partial charge < -0.3 is 10.0 Å². The van der Waals surface area contributed by atoms with Gasteiger partial charge in [0.15, 0.2) is 0 Å². The summed E-state index contributed by atoms with van der Waals surface area (Å²) >= 11 is 1.44. The van der Waals surface area contributed by atoms with Gasteiger partial charge in [-0.25, -0.2) is 4.98 Å². The average Bonchev–Trinajstić information content (AvgIpc) is 3.04. The maximum atomic E-state index is 12.8. The molecule has 1 aromatic carbocycles. The Bertz CT molecular complexity index is 771. The molecule has 0 aliphatic carbocycles. The number of rotatable bonds is 3. The molecule has 1 N–H and O–H groups in total. The van der Waals surface area contributed by atoms with Crippen LogP contribution >= 0.6 is 11.3 Å². The Morgan fingerprint density at radius 1 is 1.33 bits per heavy atom. The summed E-state index contributed by atoms with van der Waals surface area (Å²) < 4.78 is 0. The molecule has 1 saturated heterocycles. The predicted octanol–water partition coefficient (Wildman–Crippen LogP) is 3.44. The first-order valence-corrected chi connectivity index (χ1v) is 8.92. The number of likely N-dealkylation sites (tertiary alicyclic amines) is 1. The van der Waals surface area contributed by atoms with Crippen molar-refractivity contribution in [2.45, 2.75) is 32.7 Å². The number of carbonyl (C=O) groups is 2. The molecule has 1 aromatic heterocycles. The molecule has 1 aliphatic rings. The van der Waals surface area contributed by atoms with Crippen molar-refractivity contribution in [3.63, 3.8) is 0 Å². The van der Waals surface area contributed by atoms with Crippen molar-refractivity contribution >= 4 is 23.2 Å². The second-order valence-corrected chi connectivity index (χ2v) is 7.04. The topological polar surface area (TPSA) is 70.5 Å². The molecule has 2 atom stereocenters. The van der Waals surface area contributed by atoms with E-state index in [1.165, 1.54) is 11.3 Å². The molecule has 6 heteroatoms. The van der Waals surface area contributed by atoms with Gasteiger partial charge in [-0.1, -0.05) is 24.3 Å². The molecule has 3 rings (SSSR count). The van der Waals surface area contributed by atoms with Crippen LogP contribution in [0.15, 0.2) is 29.6 Å². The smallest absolute Gasteiger partial charge is 0.308 e. The Morgan fingerprint density at radius 3 is 2.79 bits per heavy atom. The van der Waals surface area contributed by atoms with Crippen LogP contribution in [0.4, 0.5) is 0 Å². The molecule has 1 fully saturated rings. The van der Waals surface area contributed by atoms with E-state index in [2.05, 4.69) is 4.98 Å². The number of aromatic nitrogens is 1. The quantitative estimate of drug-likeness (QED) is 0.926. The van der Waals surface area contributed by atoms with Crippen molar-refractivity contribution in [3.8, 4) is 10.6 Å². The number of carboxylic acid groups (broad SMARTS) is 1. The lowest BCUT2D eigenvalue weighted by Crippen LogP contribution is -2.49. The third-order valence-electron chi connectivity index (χ3n) is 4.66. The number of hydrogen-bond donors (Lipinski definition) is 1. The number of aryl methyl sites for hydroxylation is 1. The highest BCUT2D eigenvalue weighted by Crippen LogP contribution is 2.29. The van der Waals surface area contributed by atoms with Gasteiger partial charge in [0.05, 0.1) is 5.92 Å². The Morgan fingerprint density at radius 2 is 2.08 bits per heavy atom. The van der Waals surface area contributed by atoms with E-state index < -0.39 is 11.9 Å². The van der Waals surface area contributed by atoms with Crippen LogP contribution in [-0.4, -0.2) is 39.5 Å². The van der Waals surface area contributed by atoms with Crippen molar-refractivity contribution in [2.75, 3.05) is 6.54 Å². The highest BCUT2D eigenvalue weighted by atomic mass is 32.1. The van der Waals surface area contributed by atoms with Crippen molar-refractivity contribution in [2.24, 2.45) is 5.92 Å². The van der Waals surface area contributed by atoms with Gasteiger partial charge in [0.25, 0.3) is 5.91 Å². The number of benzene rings is 1. The van der Waals surface area contributed by atoms with Crippen LogP contribution in [0.25, 0.3) is 10.6 Å². The number of hydrogen-bond acceptors (Lipinski definition) is 4. The predicted molar refractivity (Wildman–Crippen MR) is 93.1 cm³/mol.